The molecule has 0 atom stereocenters. The number of rotatable bonds is 3. The normalized spacial score (nSPS) is 10.8. The van der Waals surface area contributed by atoms with E-state index in [4.69, 9.17) is 5.11 Å². The van der Waals surface area contributed by atoms with E-state index in [1.165, 1.54) is 18.3 Å². The third-order valence-electron chi connectivity index (χ3n) is 3.09. The Bertz CT molecular complexity index is 797. The fraction of sp³-hybridized carbons (Fsp3) is 0.0667. The maximum atomic E-state index is 11.4. The Balaban J connectivity index is 2.06. The van der Waals surface area contributed by atoms with Gasteiger partial charge in [-0.2, -0.15) is 0 Å². The molecule has 5 heteroatoms. The van der Waals surface area contributed by atoms with Crippen LogP contribution in [0.2, 0.25) is 0 Å². The molecule has 20 heavy (non-hydrogen) atoms. The lowest BCUT2D eigenvalue weighted by molar-refractivity contribution is 0.0691. The van der Waals surface area contributed by atoms with Crippen molar-refractivity contribution in [3.05, 3.63) is 47.7 Å². The Morgan fingerprint density at radius 2 is 2.00 bits per heavy atom. The van der Waals surface area contributed by atoms with Crippen LogP contribution in [0, 0.1) is 0 Å². The van der Waals surface area contributed by atoms with E-state index in [-0.39, 0.29) is 11.5 Å². The number of fused-ring (bicyclic) bond motifs is 1. The summed E-state index contributed by atoms with van der Waals surface area (Å²) in [7, 11) is 0. The first-order valence-corrected chi connectivity index (χ1v) is 6.83. The third-order valence-corrected chi connectivity index (χ3v) is 4.22. The van der Waals surface area contributed by atoms with E-state index in [9.17, 15) is 9.59 Å². The molecule has 0 fully saturated rings. The summed E-state index contributed by atoms with van der Waals surface area (Å²) in [6.07, 6.45) is 0. The zero-order valence-electron chi connectivity index (χ0n) is 10.6. The van der Waals surface area contributed by atoms with Gasteiger partial charge in [0.15, 0.2) is 5.78 Å². The third kappa shape index (κ3) is 2.12. The molecule has 1 aromatic carbocycles. The van der Waals surface area contributed by atoms with Crippen LogP contribution in [0.3, 0.4) is 0 Å². The molecule has 0 saturated heterocycles. The molecule has 2 aromatic heterocycles. The van der Waals surface area contributed by atoms with Crippen molar-refractivity contribution >= 4 is 33.3 Å². The van der Waals surface area contributed by atoms with E-state index in [1.54, 1.807) is 12.1 Å². The van der Waals surface area contributed by atoms with Crippen molar-refractivity contribution in [2.45, 2.75) is 6.92 Å². The lowest BCUT2D eigenvalue weighted by atomic mass is 10.1. The minimum Gasteiger partial charge on any atom is -0.477 e. The second-order valence-corrected chi connectivity index (χ2v) is 5.60. The van der Waals surface area contributed by atoms with Crippen LogP contribution in [0.25, 0.3) is 20.7 Å². The number of Topliss-reactive ketones (excluding diaryl/α,β-unsaturated/α-hetero) is 1. The van der Waals surface area contributed by atoms with Crippen LogP contribution in [-0.4, -0.2) is 21.8 Å². The molecule has 0 unspecified atom stereocenters. The Labute approximate surface area is 118 Å². The van der Waals surface area contributed by atoms with Gasteiger partial charge in [0.1, 0.15) is 5.69 Å². The average molecular weight is 285 g/mol. The van der Waals surface area contributed by atoms with Crippen molar-refractivity contribution in [1.82, 2.24) is 4.98 Å². The smallest absolute Gasteiger partial charge is 0.352 e. The van der Waals surface area contributed by atoms with Crippen molar-refractivity contribution < 1.29 is 14.7 Å². The number of aromatic nitrogens is 1. The molecule has 0 bridgehead atoms. The van der Waals surface area contributed by atoms with Crippen molar-refractivity contribution in [3.8, 4) is 10.4 Å². The maximum absolute atomic E-state index is 11.4. The topological polar surface area (TPSA) is 70.2 Å². The number of carbonyl (C=O) groups excluding carboxylic acids is 1. The number of hydrogen-bond donors (Lipinski definition) is 2. The molecule has 3 aromatic rings. The Morgan fingerprint density at radius 3 is 2.65 bits per heavy atom. The van der Waals surface area contributed by atoms with Gasteiger partial charge in [-0.3, -0.25) is 4.79 Å². The summed E-state index contributed by atoms with van der Waals surface area (Å²) in [5.41, 5.74) is 2.63. The summed E-state index contributed by atoms with van der Waals surface area (Å²) in [6, 6.07) is 11.0. The fourth-order valence-corrected chi connectivity index (χ4v) is 3.13. The number of aromatic carboxylic acids is 1. The largest absolute Gasteiger partial charge is 0.477 e. The Kier molecular flexibility index (Phi) is 2.91. The number of hydrogen-bond acceptors (Lipinski definition) is 3. The van der Waals surface area contributed by atoms with E-state index < -0.39 is 5.97 Å². The molecule has 0 aliphatic heterocycles. The Hall–Kier alpha value is -2.40. The summed E-state index contributed by atoms with van der Waals surface area (Å²) in [5.74, 6) is -0.935. The number of benzene rings is 1. The number of carboxylic acids is 1. The summed E-state index contributed by atoms with van der Waals surface area (Å²) in [6.45, 7) is 1.54. The zero-order valence-corrected chi connectivity index (χ0v) is 11.5. The molecular formula is C15H11NO3S. The minimum absolute atomic E-state index is 0.0298. The number of thiophene rings is 1. The molecule has 0 saturated carbocycles. The first-order chi connectivity index (χ1) is 9.54. The van der Waals surface area contributed by atoms with Crippen LogP contribution in [-0.2, 0) is 0 Å². The number of H-pyrrole nitrogens is 1. The zero-order chi connectivity index (χ0) is 14.3. The average Bonchev–Trinajstić information content (AvgIpc) is 2.96. The molecule has 0 spiro atoms. The highest BCUT2D eigenvalue weighted by atomic mass is 32.1. The van der Waals surface area contributed by atoms with Crippen LogP contribution < -0.4 is 0 Å². The van der Waals surface area contributed by atoms with E-state index in [0.29, 0.717) is 5.56 Å². The van der Waals surface area contributed by atoms with Crippen molar-refractivity contribution in [2.24, 2.45) is 0 Å². The standard InChI is InChI=1S/C15H11NO3S/c1-8(17)9-3-2-4-10(5-9)13-6-11-14(20-13)7-12(16-11)15(18)19/h2-7,16H,1H3,(H,18,19). The van der Waals surface area contributed by atoms with Gasteiger partial charge in [-0.05, 0) is 30.7 Å². The van der Waals surface area contributed by atoms with Crippen molar-refractivity contribution in [2.75, 3.05) is 0 Å². The number of nitrogens with one attached hydrogen (secondary N) is 1. The number of aromatic amines is 1. The maximum Gasteiger partial charge on any atom is 0.352 e. The van der Waals surface area contributed by atoms with E-state index >= 15 is 0 Å². The predicted molar refractivity (Wildman–Crippen MR) is 78.6 cm³/mol. The monoisotopic (exact) mass is 285 g/mol. The van der Waals surface area contributed by atoms with Crippen molar-refractivity contribution in [1.29, 1.82) is 0 Å². The van der Waals surface area contributed by atoms with Crippen LogP contribution in [0.15, 0.2) is 36.4 Å². The molecule has 4 nitrogen and oxygen atoms in total. The number of ketones is 1. The van der Waals surface area contributed by atoms with Gasteiger partial charge in [0.25, 0.3) is 0 Å². The van der Waals surface area contributed by atoms with Gasteiger partial charge < -0.3 is 10.1 Å². The van der Waals surface area contributed by atoms with Gasteiger partial charge in [-0.15, -0.1) is 11.3 Å². The highest BCUT2D eigenvalue weighted by Crippen LogP contribution is 2.34. The van der Waals surface area contributed by atoms with Gasteiger partial charge in [0.2, 0.25) is 0 Å². The molecule has 0 radical (unpaired) electrons. The quantitative estimate of drug-likeness (QED) is 0.719. The molecular weight excluding hydrogens is 274 g/mol. The number of carboxylic acid groups (broad SMARTS) is 1. The van der Waals surface area contributed by atoms with Gasteiger partial charge in [0, 0.05) is 10.4 Å². The van der Waals surface area contributed by atoms with Crippen LogP contribution >= 0.6 is 11.3 Å². The first-order valence-electron chi connectivity index (χ1n) is 6.02. The molecule has 100 valence electrons. The van der Waals surface area contributed by atoms with Gasteiger partial charge in [0.05, 0.1) is 10.2 Å². The lowest BCUT2D eigenvalue weighted by Crippen LogP contribution is -1.94. The highest BCUT2D eigenvalue weighted by Gasteiger charge is 2.12. The molecule has 0 amide bonds. The minimum atomic E-state index is -0.964. The number of carbonyl (C=O) groups is 2. The molecule has 0 aliphatic carbocycles. The second-order valence-electron chi connectivity index (χ2n) is 4.51. The summed E-state index contributed by atoms with van der Waals surface area (Å²) < 4.78 is 0.894. The SMILES string of the molecule is CC(=O)c1cccc(-c2cc3[nH]c(C(=O)O)cc3s2)c1. The van der Waals surface area contributed by atoms with E-state index in [2.05, 4.69) is 4.98 Å². The fourth-order valence-electron chi connectivity index (χ4n) is 2.07. The second kappa shape index (κ2) is 4.61. The lowest BCUT2D eigenvalue weighted by Gasteiger charge is -2.00. The molecule has 0 aliphatic rings. The Morgan fingerprint density at radius 1 is 1.20 bits per heavy atom. The van der Waals surface area contributed by atoms with Crippen molar-refractivity contribution in [3.63, 3.8) is 0 Å². The van der Waals surface area contributed by atoms with Crippen LogP contribution in [0.5, 0.6) is 0 Å². The highest BCUT2D eigenvalue weighted by molar-refractivity contribution is 7.22. The van der Waals surface area contributed by atoms with E-state index in [1.807, 2.05) is 24.3 Å². The summed E-state index contributed by atoms with van der Waals surface area (Å²) in [5, 5.41) is 8.92. The van der Waals surface area contributed by atoms with Crippen LogP contribution in [0.4, 0.5) is 0 Å². The van der Waals surface area contributed by atoms with Gasteiger partial charge in [-0.25, -0.2) is 4.79 Å². The molecule has 2 N–H and O–H groups in total. The molecule has 3 rings (SSSR count). The van der Waals surface area contributed by atoms with E-state index in [0.717, 1.165) is 20.7 Å². The van der Waals surface area contributed by atoms with Crippen LogP contribution in [0.1, 0.15) is 27.8 Å². The molecule has 2 heterocycles. The first kappa shape index (κ1) is 12.6. The summed E-state index contributed by atoms with van der Waals surface area (Å²) in [4.78, 5) is 26.2. The summed E-state index contributed by atoms with van der Waals surface area (Å²) >= 11 is 1.50. The van der Waals surface area contributed by atoms with Gasteiger partial charge in [-0.1, -0.05) is 18.2 Å². The van der Waals surface area contributed by atoms with Gasteiger partial charge >= 0.3 is 5.97 Å². The predicted octanol–water partition coefficient (Wildman–Crippen LogP) is 3.80.